The van der Waals surface area contributed by atoms with Crippen LogP contribution in [-0.4, -0.2) is 22.2 Å². The van der Waals surface area contributed by atoms with Crippen molar-refractivity contribution in [2.75, 3.05) is 0 Å². The summed E-state index contributed by atoms with van der Waals surface area (Å²) < 4.78 is 5.57. The second-order valence-electron chi connectivity index (χ2n) is 4.35. The summed E-state index contributed by atoms with van der Waals surface area (Å²) in [4.78, 5) is 10.4. The molecule has 2 rings (SSSR count). The molecule has 1 fully saturated rings. The van der Waals surface area contributed by atoms with Crippen LogP contribution < -0.4 is 4.74 Å². The predicted octanol–water partition coefficient (Wildman–Crippen LogP) is 2.93. The number of nitrogens with zero attached hydrogens (tertiary/aromatic N) is 1. The van der Waals surface area contributed by atoms with Crippen molar-refractivity contribution in [3.05, 3.63) is 33.3 Å². The van der Waals surface area contributed by atoms with E-state index in [1.807, 2.05) is 0 Å². The first-order chi connectivity index (χ1) is 8.59. The van der Waals surface area contributed by atoms with E-state index in [0.29, 0.717) is 12.8 Å². The van der Waals surface area contributed by atoms with Crippen LogP contribution in [0.4, 0.5) is 5.69 Å². The molecule has 0 saturated heterocycles. The van der Waals surface area contributed by atoms with Crippen molar-refractivity contribution in [2.45, 2.75) is 37.9 Å². The maximum atomic E-state index is 10.9. The maximum absolute atomic E-state index is 10.9. The van der Waals surface area contributed by atoms with E-state index in [1.165, 1.54) is 12.1 Å². The van der Waals surface area contributed by atoms with E-state index in [2.05, 4.69) is 0 Å². The molecular weight excluding hydrogens is 258 g/mol. The lowest BCUT2D eigenvalue weighted by Gasteiger charge is -2.28. The Morgan fingerprint density at radius 3 is 2.78 bits per heavy atom. The summed E-state index contributed by atoms with van der Waals surface area (Å²) >= 11 is 5.93. The molecule has 1 aliphatic rings. The fraction of sp³-hybridized carbons (Fsp3) is 0.500. The van der Waals surface area contributed by atoms with E-state index in [0.717, 1.165) is 12.8 Å². The van der Waals surface area contributed by atoms with Crippen molar-refractivity contribution < 1.29 is 14.8 Å². The molecule has 98 valence electrons. The number of halogens is 1. The van der Waals surface area contributed by atoms with Crippen LogP contribution in [0.2, 0.25) is 5.02 Å². The Labute approximate surface area is 109 Å². The van der Waals surface area contributed by atoms with Crippen molar-refractivity contribution in [2.24, 2.45) is 0 Å². The summed E-state index contributed by atoms with van der Waals surface area (Å²) in [6.07, 6.45) is 2.23. The zero-order valence-electron chi connectivity index (χ0n) is 9.71. The third-order valence-electron chi connectivity index (χ3n) is 3.08. The molecule has 0 bridgehead atoms. The van der Waals surface area contributed by atoms with Gasteiger partial charge < -0.3 is 9.84 Å². The fourth-order valence-electron chi connectivity index (χ4n) is 2.12. The summed E-state index contributed by atoms with van der Waals surface area (Å²) in [7, 11) is 0. The Kier molecular flexibility index (Phi) is 4.04. The average Bonchev–Trinajstić information content (AvgIpc) is 2.34. The lowest BCUT2D eigenvalue weighted by Crippen LogP contribution is -2.34. The molecule has 1 saturated carbocycles. The molecule has 1 aromatic rings. The van der Waals surface area contributed by atoms with E-state index in [1.54, 1.807) is 6.07 Å². The van der Waals surface area contributed by atoms with Gasteiger partial charge in [0.25, 0.3) is 0 Å². The van der Waals surface area contributed by atoms with Crippen LogP contribution in [0, 0.1) is 10.1 Å². The molecule has 0 aromatic heterocycles. The molecule has 1 N–H and O–H groups in total. The van der Waals surface area contributed by atoms with Gasteiger partial charge >= 0.3 is 5.69 Å². The first-order valence-electron chi connectivity index (χ1n) is 5.87. The van der Waals surface area contributed by atoms with Gasteiger partial charge in [-0.25, -0.2) is 0 Å². The molecule has 0 heterocycles. The highest BCUT2D eigenvalue weighted by Gasteiger charge is 2.28. The molecule has 0 aliphatic heterocycles. The smallest absolute Gasteiger partial charge is 0.312 e. The first kappa shape index (κ1) is 13.1. The largest absolute Gasteiger partial charge is 0.480 e. The molecule has 6 heteroatoms. The summed E-state index contributed by atoms with van der Waals surface area (Å²) in [5.41, 5.74) is -0.166. The van der Waals surface area contributed by atoms with E-state index in [-0.39, 0.29) is 16.5 Å². The van der Waals surface area contributed by atoms with E-state index in [4.69, 9.17) is 16.3 Å². The molecule has 5 nitrogen and oxygen atoms in total. The average molecular weight is 272 g/mol. The molecular formula is C12H14ClNO4. The summed E-state index contributed by atoms with van der Waals surface area (Å²) in [5, 5.41) is 20.9. The third kappa shape index (κ3) is 2.73. The van der Waals surface area contributed by atoms with E-state index < -0.39 is 17.1 Å². The number of para-hydroxylation sites is 1. The standard InChI is InChI=1S/C12H14ClNO4/c13-8-4-3-5-9(14(16)17)12(8)18-11-7-2-1-6-10(11)15/h3-5,10-11,15H,1-2,6-7H2. The maximum Gasteiger partial charge on any atom is 0.312 e. The Bertz CT molecular complexity index is 452. The van der Waals surface area contributed by atoms with Crippen LogP contribution in [0.25, 0.3) is 0 Å². The molecule has 2 atom stereocenters. The molecule has 2 unspecified atom stereocenters. The van der Waals surface area contributed by atoms with Crippen molar-refractivity contribution >= 4 is 17.3 Å². The number of hydrogen-bond donors (Lipinski definition) is 1. The Morgan fingerprint density at radius 1 is 1.39 bits per heavy atom. The van der Waals surface area contributed by atoms with Crippen molar-refractivity contribution in [1.29, 1.82) is 0 Å². The van der Waals surface area contributed by atoms with Gasteiger partial charge in [0, 0.05) is 6.07 Å². The number of ether oxygens (including phenoxy) is 1. The van der Waals surface area contributed by atoms with Gasteiger partial charge in [-0.2, -0.15) is 0 Å². The van der Waals surface area contributed by atoms with Gasteiger partial charge in [-0.15, -0.1) is 0 Å². The van der Waals surface area contributed by atoms with Crippen LogP contribution >= 0.6 is 11.6 Å². The molecule has 18 heavy (non-hydrogen) atoms. The highest BCUT2D eigenvalue weighted by molar-refractivity contribution is 6.32. The van der Waals surface area contributed by atoms with Crippen molar-refractivity contribution in [3.63, 3.8) is 0 Å². The zero-order valence-corrected chi connectivity index (χ0v) is 10.5. The van der Waals surface area contributed by atoms with Gasteiger partial charge in [0.1, 0.15) is 6.10 Å². The van der Waals surface area contributed by atoms with Gasteiger partial charge in [-0.05, 0) is 25.3 Å². The van der Waals surface area contributed by atoms with Crippen molar-refractivity contribution in [3.8, 4) is 5.75 Å². The quantitative estimate of drug-likeness (QED) is 0.678. The fourth-order valence-corrected chi connectivity index (χ4v) is 2.34. The van der Waals surface area contributed by atoms with Crippen LogP contribution in [0.1, 0.15) is 25.7 Å². The Balaban J connectivity index is 2.24. The first-order valence-corrected chi connectivity index (χ1v) is 6.25. The topological polar surface area (TPSA) is 72.6 Å². The minimum absolute atomic E-state index is 0.0510. The molecule has 1 aliphatic carbocycles. The van der Waals surface area contributed by atoms with Crippen LogP contribution in [0.3, 0.4) is 0 Å². The van der Waals surface area contributed by atoms with Crippen LogP contribution in [0.5, 0.6) is 5.75 Å². The predicted molar refractivity (Wildman–Crippen MR) is 67.0 cm³/mol. The number of aliphatic hydroxyl groups excluding tert-OH is 1. The second kappa shape index (κ2) is 5.54. The number of nitro groups is 1. The van der Waals surface area contributed by atoms with Crippen LogP contribution in [-0.2, 0) is 0 Å². The monoisotopic (exact) mass is 271 g/mol. The van der Waals surface area contributed by atoms with E-state index >= 15 is 0 Å². The minimum atomic E-state index is -0.588. The molecule has 0 spiro atoms. The summed E-state index contributed by atoms with van der Waals surface area (Å²) in [6.45, 7) is 0. The number of nitro benzene ring substituents is 1. The number of benzene rings is 1. The highest BCUT2D eigenvalue weighted by atomic mass is 35.5. The Hall–Kier alpha value is -1.33. The Morgan fingerprint density at radius 2 is 2.11 bits per heavy atom. The van der Waals surface area contributed by atoms with Gasteiger partial charge in [0.15, 0.2) is 0 Å². The van der Waals surface area contributed by atoms with Crippen LogP contribution in [0.15, 0.2) is 18.2 Å². The van der Waals surface area contributed by atoms with Gasteiger partial charge in [0.05, 0.1) is 16.0 Å². The van der Waals surface area contributed by atoms with Crippen molar-refractivity contribution in [1.82, 2.24) is 0 Å². The SMILES string of the molecule is O=[N+]([O-])c1cccc(Cl)c1OC1CCCCC1O. The van der Waals surface area contributed by atoms with Gasteiger partial charge in [0.2, 0.25) is 5.75 Å². The number of rotatable bonds is 3. The minimum Gasteiger partial charge on any atom is -0.480 e. The normalized spacial score (nSPS) is 23.7. The second-order valence-corrected chi connectivity index (χ2v) is 4.76. The molecule has 1 aromatic carbocycles. The van der Waals surface area contributed by atoms with Gasteiger partial charge in [-0.3, -0.25) is 10.1 Å². The number of aliphatic hydroxyl groups is 1. The number of hydrogen-bond acceptors (Lipinski definition) is 4. The molecule has 0 amide bonds. The van der Waals surface area contributed by atoms with E-state index in [9.17, 15) is 15.2 Å². The lowest BCUT2D eigenvalue weighted by molar-refractivity contribution is -0.386. The highest BCUT2D eigenvalue weighted by Crippen LogP contribution is 2.36. The van der Waals surface area contributed by atoms with Gasteiger partial charge in [-0.1, -0.05) is 24.1 Å². The summed E-state index contributed by atoms with van der Waals surface area (Å²) in [5.74, 6) is 0.0510. The molecule has 0 radical (unpaired) electrons. The zero-order chi connectivity index (χ0) is 13.1. The third-order valence-corrected chi connectivity index (χ3v) is 3.38. The lowest BCUT2D eigenvalue weighted by atomic mass is 9.95. The summed E-state index contributed by atoms with van der Waals surface area (Å²) in [6, 6.07) is 4.39.